The molecule has 0 aliphatic heterocycles. The molecule has 1 rings (SSSR count). The number of hydrogen-bond acceptors (Lipinski definition) is 1. The van der Waals surface area contributed by atoms with Crippen LogP contribution in [0.3, 0.4) is 0 Å². The van der Waals surface area contributed by atoms with Gasteiger partial charge < -0.3 is 5.11 Å². The molecule has 0 unspecified atom stereocenters. The highest BCUT2D eigenvalue weighted by Crippen LogP contribution is 2.28. The number of hydrogen-bond donors (Lipinski definition) is 1. The first kappa shape index (κ1) is 20.5. The molecule has 0 saturated carbocycles. The lowest BCUT2D eigenvalue weighted by atomic mass is 9.79. The van der Waals surface area contributed by atoms with E-state index in [9.17, 15) is 5.11 Å². The number of benzene rings is 1. The molecule has 0 radical (unpaired) electrons. The first-order chi connectivity index (χ1) is 8.58. The quantitative estimate of drug-likeness (QED) is 0.723. The monoisotopic (exact) mass is 266 g/mol. The predicted octanol–water partition coefficient (Wildman–Crippen LogP) is 5.39. The Kier molecular flexibility index (Phi) is 9.86. The van der Waals surface area contributed by atoms with Crippen LogP contribution in [0.15, 0.2) is 24.3 Å². The van der Waals surface area contributed by atoms with E-state index >= 15 is 0 Å². The first-order valence-electron chi connectivity index (χ1n) is 7.36. The van der Waals surface area contributed by atoms with Crippen LogP contribution in [0.4, 0.5) is 0 Å². The van der Waals surface area contributed by atoms with E-state index in [1.807, 2.05) is 48.5 Å². The third-order valence-electron chi connectivity index (χ3n) is 3.33. The summed E-state index contributed by atoms with van der Waals surface area (Å²) in [5.41, 5.74) is 2.21. The smallest absolute Gasteiger partial charge is 0.0639 e. The highest BCUT2D eigenvalue weighted by molar-refractivity contribution is 5.21. The summed E-state index contributed by atoms with van der Waals surface area (Å²) < 4.78 is 0. The van der Waals surface area contributed by atoms with Gasteiger partial charge in [0.15, 0.2) is 0 Å². The second kappa shape index (κ2) is 9.14. The Balaban J connectivity index is 0. The van der Waals surface area contributed by atoms with Gasteiger partial charge in [0, 0.05) is 0 Å². The van der Waals surface area contributed by atoms with Crippen molar-refractivity contribution in [1.29, 1.82) is 0 Å². The zero-order valence-electron chi connectivity index (χ0n) is 14.5. The van der Waals surface area contributed by atoms with Crippen molar-refractivity contribution in [3.05, 3.63) is 35.4 Å². The fourth-order valence-electron chi connectivity index (χ4n) is 0.932. The Morgan fingerprint density at radius 3 is 1.63 bits per heavy atom. The molecule has 1 nitrogen and oxygen atoms in total. The lowest BCUT2D eigenvalue weighted by Gasteiger charge is -2.33. The van der Waals surface area contributed by atoms with E-state index in [1.165, 1.54) is 11.1 Å². The van der Waals surface area contributed by atoms with Crippen LogP contribution in [-0.4, -0.2) is 10.7 Å². The average molecular weight is 266 g/mol. The maximum absolute atomic E-state index is 9.35. The van der Waals surface area contributed by atoms with Crippen molar-refractivity contribution in [3.63, 3.8) is 0 Å². The highest BCUT2D eigenvalue weighted by atomic mass is 16.3. The Hall–Kier alpha value is -0.820. The Bertz CT molecular complexity index is 314. The first-order valence-corrected chi connectivity index (χ1v) is 7.36. The molecular formula is C18H34O. The van der Waals surface area contributed by atoms with E-state index in [-0.39, 0.29) is 5.41 Å². The Morgan fingerprint density at radius 1 is 1.00 bits per heavy atom. The molecule has 112 valence electrons. The van der Waals surface area contributed by atoms with E-state index in [1.54, 1.807) is 0 Å². The van der Waals surface area contributed by atoms with E-state index in [4.69, 9.17) is 0 Å². The van der Waals surface area contributed by atoms with Gasteiger partial charge in [-0.2, -0.15) is 0 Å². The fraction of sp³-hybridized carbons (Fsp3) is 0.667. The van der Waals surface area contributed by atoms with Gasteiger partial charge in [0.2, 0.25) is 0 Å². The number of aliphatic hydroxyl groups is 1. The van der Waals surface area contributed by atoms with Crippen LogP contribution in [0.2, 0.25) is 0 Å². The molecule has 0 bridgehead atoms. The summed E-state index contributed by atoms with van der Waals surface area (Å²) in [7, 11) is 0. The maximum atomic E-state index is 9.35. The minimum absolute atomic E-state index is 0.00694. The van der Waals surface area contributed by atoms with Gasteiger partial charge >= 0.3 is 0 Å². The summed E-state index contributed by atoms with van der Waals surface area (Å²) in [5.74, 6) is 0. The van der Waals surface area contributed by atoms with Crippen molar-refractivity contribution in [2.45, 2.75) is 74.3 Å². The van der Waals surface area contributed by atoms with Gasteiger partial charge in [0.05, 0.1) is 5.60 Å². The standard InChI is InChI=1S/C9H12.C7H16O.C2H6/c1-3-9-6-4-5-8(2)7-9;1-6(2,3)7(4,5)8;1-2/h4-7H,3H2,1-2H3;8H,1-5H3;1-2H3. The van der Waals surface area contributed by atoms with E-state index in [2.05, 4.69) is 38.1 Å². The number of aryl methyl sites for hydroxylation is 2. The Morgan fingerprint density at radius 2 is 1.42 bits per heavy atom. The van der Waals surface area contributed by atoms with Crippen LogP contribution in [0.1, 0.15) is 66.5 Å². The van der Waals surface area contributed by atoms with Gasteiger partial charge in [-0.3, -0.25) is 0 Å². The van der Waals surface area contributed by atoms with Gasteiger partial charge in [-0.05, 0) is 38.2 Å². The highest BCUT2D eigenvalue weighted by Gasteiger charge is 2.29. The van der Waals surface area contributed by atoms with E-state index in [0.717, 1.165) is 6.42 Å². The molecule has 0 aliphatic carbocycles. The molecule has 0 saturated heterocycles. The average Bonchev–Trinajstić information content (AvgIpc) is 2.30. The Labute approximate surface area is 121 Å². The predicted molar refractivity (Wildman–Crippen MR) is 87.7 cm³/mol. The van der Waals surface area contributed by atoms with Gasteiger partial charge in [-0.25, -0.2) is 0 Å². The van der Waals surface area contributed by atoms with Crippen molar-refractivity contribution in [2.24, 2.45) is 5.41 Å². The molecule has 0 fully saturated rings. The van der Waals surface area contributed by atoms with E-state index < -0.39 is 5.60 Å². The van der Waals surface area contributed by atoms with Crippen molar-refractivity contribution < 1.29 is 5.11 Å². The number of rotatable bonds is 1. The third kappa shape index (κ3) is 9.72. The molecule has 1 N–H and O–H groups in total. The van der Waals surface area contributed by atoms with Crippen molar-refractivity contribution in [3.8, 4) is 0 Å². The summed E-state index contributed by atoms with van der Waals surface area (Å²) in [6, 6.07) is 8.61. The minimum Gasteiger partial charge on any atom is -0.390 e. The topological polar surface area (TPSA) is 20.2 Å². The normalized spacial score (nSPS) is 10.8. The molecular weight excluding hydrogens is 232 g/mol. The molecule has 1 aromatic carbocycles. The van der Waals surface area contributed by atoms with Gasteiger partial charge in [0.1, 0.15) is 0 Å². The van der Waals surface area contributed by atoms with Crippen LogP contribution < -0.4 is 0 Å². The molecule has 1 heteroatoms. The molecule has 0 amide bonds. The van der Waals surface area contributed by atoms with Crippen LogP contribution >= 0.6 is 0 Å². The second-order valence-corrected chi connectivity index (χ2v) is 6.15. The summed E-state index contributed by atoms with van der Waals surface area (Å²) >= 11 is 0. The van der Waals surface area contributed by atoms with Crippen molar-refractivity contribution >= 4 is 0 Å². The lowest BCUT2D eigenvalue weighted by molar-refractivity contribution is -0.0238. The zero-order chi connectivity index (χ0) is 15.7. The second-order valence-electron chi connectivity index (χ2n) is 6.15. The van der Waals surface area contributed by atoms with Crippen LogP contribution in [0.5, 0.6) is 0 Å². The molecule has 0 aliphatic rings. The van der Waals surface area contributed by atoms with Gasteiger partial charge in [-0.15, -0.1) is 0 Å². The summed E-state index contributed by atoms with van der Waals surface area (Å²) in [5, 5.41) is 9.35. The fourth-order valence-corrected chi connectivity index (χ4v) is 0.932. The van der Waals surface area contributed by atoms with E-state index in [0.29, 0.717) is 0 Å². The SMILES string of the molecule is CC.CC(C)(C)C(C)(C)O.CCc1cccc(C)c1. The van der Waals surface area contributed by atoms with Crippen molar-refractivity contribution in [2.75, 3.05) is 0 Å². The third-order valence-corrected chi connectivity index (χ3v) is 3.33. The summed E-state index contributed by atoms with van der Waals surface area (Å²) in [6.07, 6.45) is 1.14. The largest absolute Gasteiger partial charge is 0.390 e. The molecule has 0 heterocycles. The van der Waals surface area contributed by atoms with Crippen LogP contribution in [0, 0.1) is 12.3 Å². The molecule has 0 aromatic heterocycles. The molecule has 0 atom stereocenters. The van der Waals surface area contributed by atoms with Crippen LogP contribution in [0.25, 0.3) is 0 Å². The molecule has 1 aromatic rings. The van der Waals surface area contributed by atoms with Crippen LogP contribution in [-0.2, 0) is 6.42 Å². The van der Waals surface area contributed by atoms with Crippen molar-refractivity contribution in [1.82, 2.24) is 0 Å². The van der Waals surface area contributed by atoms with Gasteiger partial charge in [0.25, 0.3) is 0 Å². The maximum Gasteiger partial charge on any atom is 0.0639 e. The molecule has 19 heavy (non-hydrogen) atoms. The molecule has 0 spiro atoms. The minimum atomic E-state index is -0.562. The van der Waals surface area contributed by atoms with Gasteiger partial charge in [-0.1, -0.05) is 71.4 Å². The lowest BCUT2D eigenvalue weighted by Crippen LogP contribution is -2.35. The summed E-state index contributed by atoms with van der Waals surface area (Å²) in [6.45, 7) is 18.0. The zero-order valence-corrected chi connectivity index (χ0v) is 14.5. The summed E-state index contributed by atoms with van der Waals surface area (Å²) in [4.78, 5) is 0.